The Balaban J connectivity index is 1.87. The van der Waals surface area contributed by atoms with Crippen molar-refractivity contribution in [3.8, 4) is 0 Å². The number of piperidine rings is 1. The molecule has 0 saturated carbocycles. The standard InChI is InChI=1S/C16H20FN3O2S/c1-12-8-15(17)5-6-16(12)23(21,22)20-7-3-4-13(11-20)14-9-18-19(2)10-14/h5-6,8-10,13H,3-4,7,11H2,1-2H3. The zero-order chi connectivity index (χ0) is 16.6. The van der Waals surface area contributed by atoms with E-state index in [1.807, 2.05) is 13.2 Å². The van der Waals surface area contributed by atoms with E-state index in [9.17, 15) is 12.8 Å². The molecule has 1 atom stereocenters. The minimum atomic E-state index is -3.60. The van der Waals surface area contributed by atoms with Crippen LogP contribution in [-0.2, 0) is 17.1 Å². The van der Waals surface area contributed by atoms with Crippen LogP contribution in [0.15, 0.2) is 35.5 Å². The predicted octanol–water partition coefficient (Wildman–Crippen LogP) is 2.44. The number of nitrogens with zero attached hydrogens (tertiary/aromatic N) is 3. The van der Waals surface area contributed by atoms with Crippen LogP contribution in [0.5, 0.6) is 0 Å². The fourth-order valence-corrected chi connectivity index (χ4v) is 4.85. The van der Waals surface area contributed by atoms with Crippen molar-refractivity contribution in [2.45, 2.75) is 30.6 Å². The molecule has 1 unspecified atom stereocenters. The van der Waals surface area contributed by atoms with Gasteiger partial charge in [0.15, 0.2) is 0 Å². The molecule has 124 valence electrons. The topological polar surface area (TPSA) is 55.2 Å². The zero-order valence-electron chi connectivity index (χ0n) is 13.2. The molecule has 1 fully saturated rings. The molecule has 1 aromatic heterocycles. The second-order valence-corrected chi connectivity index (χ2v) is 7.97. The highest BCUT2D eigenvalue weighted by molar-refractivity contribution is 7.89. The van der Waals surface area contributed by atoms with Crippen LogP contribution >= 0.6 is 0 Å². The number of aryl methyl sites for hydroxylation is 2. The average Bonchev–Trinajstić information content (AvgIpc) is 2.93. The van der Waals surface area contributed by atoms with Gasteiger partial charge >= 0.3 is 0 Å². The number of benzene rings is 1. The fourth-order valence-electron chi connectivity index (χ4n) is 3.13. The first-order valence-corrected chi connectivity index (χ1v) is 9.07. The van der Waals surface area contributed by atoms with Crippen LogP contribution in [0.25, 0.3) is 0 Å². The maximum Gasteiger partial charge on any atom is 0.243 e. The highest BCUT2D eigenvalue weighted by atomic mass is 32.2. The number of rotatable bonds is 3. The third-order valence-corrected chi connectivity index (χ3v) is 6.36. The molecule has 7 heteroatoms. The Morgan fingerprint density at radius 3 is 2.78 bits per heavy atom. The SMILES string of the molecule is Cc1cc(F)ccc1S(=O)(=O)N1CCCC(c2cnn(C)c2)C1. The van der Waals surface area contributed by atoms with Crippen molar-refractivity contribution >= 4 is 10.0 Å². The second kappa shape index (κ2) is 6.05. The number of hydrogen-bond acceptors (Lipinski definition) is 3. The van der Waals surface area contributed by atoms with Gasteiger partial charge in [0.05, 0.1) is 11.1 Å². The van der Waals surface area contributed by atoms with Crippen molar-refractivity contribution in [3.05, 3.63) is 47.5 Å². The van der Waals surface area contributed by atoms with Crippen LogP contribution in [0.2, 0.25) is 0 Å². The minimum Gasteiger partial charge on any atom is -0.276 e. The van der Waals surface area contributed by atoms with Crippen molar-refractivity contribution in [3.63, 3.8) is 0 Å². The molecule has 1 aliphatic rings. The van der Waals surface area contributed by atoms with Gasteiger partial charge in [-0.25, -0.2) is 12.8 Å². The Bertz CT molecular complexity index is 816. The van der Waals surface area contributed by atoms with E-state index in [2.05, 4.69) is 5.10 Å². The van der Waals surface area contributed by atoms with Crippen molar-refractivity contribution in [1.82, 2.24) is 14.1 Å². The Hall–Kier alpha value is -1.73. The van der Waals surface area contributed by atoms with Gasteiger partial charge in [-0.15, -0.1) is 0 Å². The van der Waals surface area contributed by atoms with E-state index >= 15 is 0 Å². The largest absolute Gasteiger partial charge is 0.276 e. The summed E-state index contributed by atoms with van der Waals surface area (Å²) >= 11 is 0. The van der Waals surface area contributed by atoms with Gasteiger partial charge in [0.2, 0.25) is 10.0 Å². The van der Waals surface area contributed by atoms with E-state index in [-0.39, 0.29) is 10.8 Å². The summed E-state index contributed by atoms with van der Waals surface area (Å²) < 4.78 is 42.3. The molecular formula is C16H20FN3O2S. The number of hydrogen-bond donors (Lipinski definition) is 0. The lowest BCUT2D eigenvalue weighted by Gasteiger charge is -2.31. The molecule has 23 heavy (non-hydrogen) atoms. The smallest absolute Gasteiger partial charge is 0.243 e. The number of aromatic nitrogens is 2. The second-order valence-electron chi connectivity index (χ2n) is 6.06. The molecule has 5 nitrogen and oxygen atoms in total. The van der Waals surface area contributed by atoms with Crippen LogP contribution in [0.4, 0.5) is 4.39 Å². The normalized spacial score (nSPS) is 19.9. The van der Waals surface area contributed by atoms with Crippen molar-refractivity contribution in [2.75, 3.05) is 13.1 Å². The Morgan fingerprint density at radius 1 is 1.35 bits per heavy atom. The van der Waals surface area contributed by atoms with Crippen molar-refractivity contribution in [1.29, 1.82) is 0 Å². The van der Waals surface area contributed by atoms with Crippen molar-refractivity contribution in [2.24, 2.45) is 7.05 Å². The van der Waals surface area contributed by atoms with Gasteiger partial charge < -0.3 is 0 Å². The van der Waals surface area contributed by atoms with Crippen LogP contribution < -0.4 is 0 Å². The van der Waals surface area contributed by atoms with E-state index in [1.165, 1.54) is 22.5 Å². The maximum atomic E-state index is 13.2. The summed E-state index contributed by atoms with van der Waals surface area (Å²) in [5.41, 5.74) is 1.50. The first-order valence-electron chi connectivity index (χ1n) is 7.63. The van der Waals surface area contributed by atoms with E-state index in [0.717, 1.165) is 18.4 Å². The summed E-state index contributed by atoms with van der Waals surface area (Å²) in [5, 5.41) is 4.17. The van der Waals surface area contributed by atoms with E-state index in [1.54, 1.807) is 17.8 Å². The molecule has 1 aliphatic heterocycles. The lowest BCUT2D eigenvalue weighted by Crippen LogP contribution is -2.39. The monoisotopic (exact) mass is 337 g/mol. The molecule has 0 radical (unpaired) electrons. The third-order valence-electron chi connectivity index (χ3n) is 4.34. The fraction of sp³-hybridized carbons (Fsp3) is 0.438. The molecule has 1 saturated heterocycles. The molecule has 0 spiro atoms. The highest BCUT2D eigenvalue weighted by Crippen LogP contribution is 2.31. The lowest BCUT2D eigenvalue weighted by atomic mass is 9.94. The Kier molecular flexibility index (Phi) is 4.25. The Morgan fingerprint density at radius 2 is 2.13 bits per heavy atom. The molecule has 0 aliphatic carbocycles. The zero-order valence-corrected chi connectivity index (χ0v) is 14.1. The first-order chi connectivity index (χ1) is 10.9. The molecule has 0 amide bonds. The Labute approximate surface area is 135 Å². The van der Waals surface area contributed by atoms with Crippen molar-refractivity contribution < 1.29 is 12.8 Å². The molecule has 0 bridgehead atoms. The predicted molar refractivity (Wildman–Crippen MR) is 85.1 cm³/mol. The van der Waals surface area contributed by atoms with Gasteiger partial charge in [-0.3, -0.25) is 4.68 Å². The summed E-state index contributed by atoms with van der Waals surface area (Å²) in [5.74, 6) is -0.277. The van der Waals surface area contributed by atoms with E-state index in [4.69, 9.17) is 0 Å². The average molecular weight is 337 g/mol. The molecule has 2 aromatic rings. The third kappa shape index (κ3) is 3.16. The summed E-state index contributed by atoms with van der Waals surface area (Å²) in [7, 11) is -1.75. The van der Waals surface area contributed by atoms with Gasteiger partial charge in [0.1, 0.15) is 5.82 Å². The van der Waals surface area contributed by atoms with Gasteiger partial charge in [0, 0.05) is 32.3 Å². The van der Waals surface area contributed by atoms with Gasteiger partial charge in [-0.05, 0) is 49.1 Å². The summed E-state index contributed by atoms with van der Waals surface area (Å²) in [4.78, 5) is 0.186. The highest BCUT2D eigenvalue weighted by Gasteiger charge is 2.32. The molecule has 2 heterocycles. The van der Waals surface area contributed by atoms with E-state index in [0.29, 0.717) is 18.7 Å². The molecule has 3 rings (SSSR count). The quantitative estimate of drug-likeness (QED) is 0.864. The van der Waals surface area contributed by atoms with Gasteiger partial charge in [-0.1, -0.05) is 0 Å². The molecule has 1 aromatic carbocycles. The van der Waals surface area contributed by atoms with E-state index < -0.39 is 15.8 Å². The van der Waals surface area contributed by atoms with Crippen LogP contribution in [-0.4, -0.2) is 35.6 Å². The van der Waals surface area contributed by atoms with Crippen LogP contribution in [0, 0.1) is 12.7 Å². The number of sulfonamides is 1. The first kappa shape index (κ1) is 16.1. The van der Waals surface area contributed by atoms with Gasteiger partial charge in [-0.2, -0.15) is 9.40 Å². The van der Waals surface area contributed by atoms with Gasteiger partial charge in [0.25, 0.3) is 0 Å². The van der Waals surface area contributed by atoms with Crippen LogP contribution in [0.3, 0.4) is 0 Å². The number of halogens is 1. The summed E-state index contributed by atoms with van der Waals surface area (Å²) in [6.07, 6.45) is 5.48. The molecule has 0 N–H and O–H groups in total. The lowest BCUT2D eigenvalue weighted by molar-refractivity contribution is 0.315. The van der Waals surface area contributed by atoms with Crippen LogP contribution in [0.1, 0.15) is 29.9 Å². The minimum absolute atomic E-state index is 0.146. The molecular weight excluding hydrogens is 317 g/mol. The maximum absolute atomic E-state index is 13.2. The summed E-state index contributed by atoms with van der Waals surface area (Å²) in [6, 6.07) is 3.81. The summed E-state index contributed by atoms with van der Waals surface area (Å²) in [6.45, 7) is 2.55.